The van der Waals surface area contributed by atoms with E-state index in [0.717, 1.165) is 89.9 Å². The maximum absolute atomic E-state index is 12.7. The highest BCUT2D eigenvalue weighted by Gasteiger charge is 2.27. The molecule has 0 spiro atoms. The van der Waals surface area contributed by atoms with Crippen LogP contribution in [0, 0.1) is 0 Å². The summed E-state index contributed by atoms with van der Waals surface area (Å²) in [7, 11) is 1.40. The minimum absolute atomic E-state index is 0.00930. The number of quaternary nitrogens is 1. The number of aliphatic hydroxyl groups is 1. The molecule has 338 valence electrons. The summed E-state index contributed by atoms with van der Waals surface area (Å²) in [6, 6.07) is 0. The van der Waals surface area contributed by atoms with E-state index in [1.54, 1.807) is 0 Å². The van der Waals surface area contributed by atoms with Crippen molar-refractivity contribution in [3.63, 3.8) is 0 Å². The molecule has 10 nitrogen and oxygen atoms in total. The Balaban J connectivity index is 4.50. The number of likely N-dealkylation sites (N-methyl/N-ethyl adjacent to an activating group) is 1. The van der Waals surface area contributed by atoms with Crippen LogP contribution in [0.15, 0.2) is 85.1 Å². The summed E-state index contributed by atoms with van der Waals surface area (Å²) < 4.78 is 34.2. The number of allylic oxidation sites excluding steroid dienone is 14. The summed E-state index contributed by atoms with van der Waals surface area (Å²) in [5.74, 6) is -0.912. The average Bonchev–Trinajstić information content (AvgIpc) is 3.19. The molecule has 0 amide bonds. The van der Waals surface area contributed by atoms with Crippen LogP contribution < -0.4 is 0 Å². The number of esters is 2. The Hall–Kier alpha value is -2.85. The molecule has 0 bridgehead atoms. The van der Waals surface area contributed by atoms with E-state index in [2.05, 4.69) is 85.9 Å². The summed E-state index contributed by atoms with van der Waals surface area (Å²) in [6.45, 7) is 2.28. The maximum Gasteiger partial charge on any atom is 0.472 e. The number of phosphoric acid groups is 1. The van der Waals surface area contributed by atoms with Crippen LogP contribution in [0.3, 0.4) is 0 Å². The fraction of sp³-hybridized carbons (Fsp3) is 0.667. The van der Waals surface area contributed by atoms with Gasteiger partial charge >= 0.3 is 19.8 Å². The van der Waals surface area contributed by atoms with E-state index < -0.39 is 32.5 Å². The standard InChI is InChI=1S/C48H82NO9P/c1-5-6-7-8-9-10-11-12-13-15-19-22-25-28-31-34-37-40-48(52)58-46(45-57-59(53,54)56-43-41-49(2,3)4)44-55-47(51)39-36-33-30-27-24-21-18-16-14-17-20-23-26-29-32-35-38-42-50/h9-10,12-14,17-19,21-23,26-27,30,46,50H,5-8,11,15-16,20,24-25,28-29,31-45H2,1-4H3/p+1/b10-9-,13-12-,17-14-,21-18-,22-19-,26-23-,30-27-/t46-/m1/s1. The van der Waals surface area contributed by atoms with Gasteiger partial charge in [0.25, 0.3) is 0 Å². The van der Waals surface area contributed by atoms with Gasteiger partial charge in [-0.05, 0) is 96.3 Å². The van der Waals surface area contributed by atoms with E-state index in [9.17, 15) is 19.0 Å². The quantitative estimate of drug-likeness (QED) is 0.0204. The highest BCUT2D eigenvalue weighted by molar-refractivity contribution is 7.47. The van der Waals surface area contributed by atoms with Gasteiger partial charge in [0, 0.05) is 19.4 Å². The molecule has 0 aromatic carbocycles. The zero-order valence-corrected chi connectivity index (χ0v) is 38.3. The van der Waals surface area contributed by atoms with E-state index in [1.807, 2.05) is 27.2 Å². The number of hydrogen-bond donors (Lipinski definition) is 2. The Morgan fingerprint density at radius 1 is 0.559 bits per heavy atom. The molecule has 59 heavy (non-hydrogen) atoms. The molecule has 0 heterocycles. The van der Waals surface area contributed by atoms with Gasteiger partial charge in [-0.2, -0.15) is 0 Å². The molecule has 0 aliphatic heterocycles. The molecular weight excluding hydrogens is 766 g/mol. The van der Waals surface area contributed by atoms with Crippen LogP contribution in [0.25, 0.3) is 0 Å². The smallest absolute Gasteiger partial charge is 0.462 e. The highest BCUT2D eigenvalue weighted by Crippen LogP contribution is 2.43. The van der Waals surface area contributed by atoms with Crippen LogP contribution in [0.2, 0.25) is 0 Å². The lowest BCUT2D eigenvalue weighted by Crippen LogP contribution is -2.37. The van der Waals surface area contributed by atoms with E-state index in [0.29, 0.717) is 23.9 Å². The third-order valence-electron chi connectivity index (χ3n) is 8.95. The lowest BCUT2D eigenvalue weighted by atomic mass is 10.1. The number of phosphoric ester groups is 1. The zero-order valence-electron chi connectivity index (χ0n) is 37.4. The molecule has 0 aliphatic carbocycles. The number of rotatable bonds is 40. The second-order valence-electron chi connectivity index (χ2n) is 15.8. The van der Waals surface area contributed by atoms with Crippen molar-refractivity contribution in [3.8, 4) is 0 Å². The molecule has 0 aliphatic rings. The van der Waals surface area contributed by atoms with Gasteiger partial charge in [-0.1, -0.05) is 124 Å². The summed E-state index contributed by atoms with van der Waals surface area (Å²) >= 11 is 0. The van der Waals surface area contributed by atoms with Crippen LogP contribution in [-0.4, -0.2) is 86.6 Å². The number of unbranched alkanes of at least 4 members (excludes halogenated alkanes) is 11. The van der Waals surface area contributed by atoms with Gasteiger partial charge in [0.2, 0.25) is 0 Å². The van der Waals surface area contributed by atoms with E-state index in [1.165, 1.54) is 25.7 Å². The minimum Gasteiger partial charge on any atom is -0.462 e. The van der Waals surface area contributed by atoms with Crippen LogP contribution >= 0.6 is 7.82 Å². The monoisotopic (exact) mass is 849 g/mol. The number of aliphatic hydroxyl groups excluding tert-OH is 1. The predicted octanol–water partition coefficient (Wildman–Crippen LogP) is 11.8. The molecule has 0 saturated heterocycles. The molecule has 0 aromatic heterocycles. The van der Waals surface area contributed by atoms with Gasteiger partial charge in [0.15, 0.2) is 6.10 Å². The van der Waals surface area contributed by atoms with Crippen molar-refractivity contribution in [1.29, 1.82) is 0 Å². The number of carbonyl (C=O) groups is 2. The summed E-state index contributed by atoms with van der Waals surface area (Å²) in [6.07, 6.45) is 49.3. The largest absolute Gasteiger partial charge is 0.472 e. The van der Waals surface area contributed by atoms with Crippen molar-refractivity contribution in [2.45, 2.75) is 154 Å². The normalized spacial score (nSPS) is 14.3. The molecule has 0 saturated carbocycles. The fourth-order valence-electron chi connectivity index (χ4n) is 5.40. The molecule has 0 fully saturated rings. The van der Waals surface area contributed by atoms with Crippen molar-refractivity contribution in [3.05, 3.63) is 85.1 Å². The topological polar surface area (TPSA) is 129 Å². The SMILES string of the molecule is CCCCC/C=C\C/C=C\C/C=C\CCCCCCC(=O)O[C@H](COC(=O)CCC/C=C\C/C=C\C/C=C\C/C=C\CCCCCO)COP(=O)(O)OCC[N+](C)(C)C. The Kier molecular flexibility index (Phi) is 38.6. The maximum atomic E-state index is 12.7. The third kappa shape index (κ3) is 44.5. The van der Waals surface area contributed by atoms with E-state index >= 15 is 0 Å². The fourth-order valence-corrected chi connectivity index (χ4v) is 6.14. The molecule has 0 aromatic rings. The van der Waals surface area contributed by atoms with Crippen LogP contribution in [-0.2, 0) is 32.7 Å². The van der Waals surface area contributed by atoms with Gasteiger partial charge in [-0.3, -0.25) is 18.6 Å². The Labute approximate surface area is 359 Å². The van der Waals surface area contributed by atoms with E-state index in [4.69, 9.17) is 23.6 Å². The Morgan fingerprint density at radius 3 is 1.49 bits per heavy atom. The molecule has 2 atom stereocenters. The number of ether oxygens (including phenoxy) is 2. The third-order valence-corrected chi connectivity index (χ3v) is 9.94. The van der Waals surface area contributed by atoms with Crippen molar-refractivity contribution in [1.82, 2.24) is 0 Å². The first-order chi connectivity index (χ1) is 28.5. The van der Waals surface area contributed by atoms with Crippen molar-refractivity contribution in [2.75, 3.05) is 54.1 Å². The van der Waals surface area contributed by atoms with Crippen molar-refractivity contribution in [2.24, 2.45) is 0 Å². The summed E-state index contributed by atoms with van der Waals surface area (Å²) in [5.41, 5.74) is 0. The predicted molar refractivity (Wildman–Crippen MR) is 244 cm³/mol. The van der Waals surface area contributed by atoms with Gasteiger partial charge in [-0.25, -0.2) is 4.57 Å². The summed E-state index contributed by atoms with van der Waals surface area (Å²) in [4.78, 5) is 35.4. The first kappa shape index (κ1) is 56.1. The lowest BCUT2D eigenvalue weighted by molar-refractivity contribution is -0.870. The van der Waals surface area contributed by atoms with Crippen LogP contribution in [0.4, 0.5) is 0 Å². The zero-order chi connectivity index (χ0) is 43.6. The van der Waals surface area contributed by atoms with Gasteiger partial charge in [-0.15, -0.1) is 0 Å². The lowest BCUT2D eigenvalue weighted by Gasteiger charge is -2.24. The molecule has 0 radical (unpaired) electrons. The first-order valence-corrected chi connectivity index (χ1v) is 23.9. The average molecular weight is 849 g/mol. The number of hydrogen-bond acceptors (Lipinski definition) is 8. The van der Waals surface area contributed by atoms with Gasteiger partial charge < -0.3 is 24.0 Å². The molecule has 11 heteroatoms. The Bertz CT molecular complexity index is 1280. The van der Waals surface area contributed by atoms with E-state index in [-0.39, 0.29) is 32.7 Å². The van der Waals surface area contributed by atoms with Gasteiger partial charge in [0.05, 0.1) is 27.7 Å². The first-order valence-electron chi connectivity index (χ1n) is 22.4. The molecule has 2 N–H and O–H groups in total. The van der Waals surface area contributed by atoms with Crippen molar-refractivity contribution >= 4 is 19.8 Å². The number of nitrogens with zero attached hydrogens (tertiary/aromatic N) is 1. The second kappa shape index (κ2) is 40.6. The number of carbonyl (C=O) groups excluding carboxylic acids is 2. The molecular formula is C48H83NO9P+. The van der Waals surface area contributed by atoms with Crippen LogP contribution in [0.1, 0.15) is 148 Å². The van der Waals surface area contributed by atoms with Gasteiger partial charge in [0.1, 0.15) is 19.8 Å². The Morgan fingerprint density at radius 2 is 1.00 bits per heavy atom. The second-order valence-corrected chi connectivity index (χ2v) is 17.3. The highest BCUT2D eigenvalue weighted by atomic mass is 31.2. The van der Waals surface area contributed by atoms with Crippen LogP contribution in [0.5, 0.6) is 0 Å². The molecule has 0 rings (SSSR count). The molecule has 1 unspecified atom stereocenters. The van der Waals surface area contributed by atoms with Crippen molar-refractivity contribution < 1.29 is 47.2 Å². The summed E-state index contributed by atoms with van der Waals surface area (Å²) in [5, 5.41) is 8.80. The minimum atomic E-state index is -4.41.